The van der Waals surface area contributed by atoms with Gasteiger partial charge < -0.3 is 10.2 Å². The van der Waals surface area contributed by atoms with Crippen LogP contribution < -0.4 is 10.2 Å². The van der Waals surface area contributed by atoms with Crippen LogP contribution in [0.5, 0.6) is 0 Å². The molecule has 72 valence electrons. The molecule has 0 amide bonds. The lowest BCUT2D eigenvalue weighted by atomic mass is 10.4. The Kier molecular flexibility index (Phi) is 3.13. The lowest BCUT2D eigenvalue weighted by molar-refractivity contribution is 0.724. The summed E-state index contributed by atoms with van der Waals surface area (Å²) in [5.41, 5.74) is 0. The SMILES string of the molecule is Brc1nnc(N2CCCNCC2)s1. The van der Waals surface area contributed by atoms with E-state index in [4.69, 9.17) is 0 Å². The molecule has 1 N–H and O–H groups in total. The lowest BCUT2D eigenvalue weighted by Gasteiger charge is -2.17. The molecule has 1 aliphatic rings. The Bertz CT molecular complexity index is 269. The van der Waals surface area contributed by atoms with Gasteiger partial charge in [0.1, 0.15) is 0 Å². The van der Waals surface area contributed by atoms with E-state index < -0.39 is 0 Å². The second kappa shape index (κ2) is 4.34. The van der Waals surface area contributed by atoms with Gasteiger partial charge in [0.15, 0.2) is 3.92 Å². The summed E-state index contributed by atoms with van der Waals surface area (Å²) in [6.07, 6.45) is 1.18. The molecule has 0 saturated carbocycles. The summed E-state index contributed by atoms with van der Waals surface area (Å²) < 4.78 is 0.861. The first-order valence-electron chi connectivity index (χ1n) is 4.31. The highest BCUT2D eigenvalue weighted by Gasteiger charge is 2.12. The maximum absolute atomic E-state index is 4.10. The summed E-state index contributed by atoms with van der Waals surface area (Å²) in [7, 11) is 0. The van der Waals surface area contributed by atoms with Gasteiger partial charge in [-0.25, -0.2) is 0 Å². The third-order valence-corrected chi connectivity index (χ3v) is 3.42. The molecule has 0 bridgehead atoms. The highest BCUT2D eigenvalue weighted by atomic mass is 79.9. The number of anilines is 1. The predicted molar refractivity (Wildman–Crippen MR) is 57.3 cm³/mol. The maximum atomic E-state index is 4.10. The Balaban J connectivity index is 2.06. The van der Waals surface area contributed by atoms with Crippen LogP contribution in [0.2, 0.25) is 0 Å². The molecule has 1 aliphatic heterocycles. The van der Waals surface area contributed by atoms with Crippen molar-refractivity contribution < 1.29 is 0 Å². The molecule has 2 rings (SSSR count). The molecule has 4 nitrogen and oxygen atoms in total. The van der Waals surface area contributed by atoms with Crippen molar-refractivity contribution in [2.75, 3.05) is 31.1 Å². The Morgan fingerprint density at radius 3 is 3.00 bits per heavy atom. The van der Waals surface area contributed by atoms with Crippen molar-refractivity contribution in [3.8, 4) is 0 Å². The molecule has 6 heteroatoms. The molecule has 1 saturated heterocycles. The van der Waals surface area contributed by atoms with Crippen molar-refractivity contribution in [1.82, 2.24) is 15.5 Å². The number of nitrogens with one attached hydrogen (secondary N) is 1. The number of nitrogens with zero attached hydrogens (tertiary/aromatic N) is 3. The Morgan fingerprint density at radius 1 is 1.31 bits per heavy atom. The fourth-order valence-corrected chi connectivity index (χ4v) is 2.50. The third-order valence-electron chi connectivity index (χ3n) is 2.00. The van der Waals surface area contributed by atoms with Crippen LogP contribution in [0, 0.1) is 0 Å². The van der Waals surface area contributed by atoms with Crippen LogP contribution in [0.1, 0.15) is 6.42 Å². The van der Waals surface area contributed by atoms with E-state index in [-0.39, 0.29) is 0 Å². The number of hydrogen-bond acceptors (Lipinski definition) is 5. The van der Waals surface area contributed by atoms with Crippen LogP contribution in [-0.4, -0.2) is 36.4 Å². The second-order valence-electron chi connectivity index (χ2n) is 2.93. The van der Waals surface area contributed by atoms with Crippen molar-refractivity contribution in [3.63, 3.8) is 0 Å². The molecule has 0 aromatic carbocycles. The van der Waals surface area contributed by atoms with E-state index in [9.17, 15) is 0 Å². The standard InChI is InChI=1S/C7H11BrN4S/c8-6-10-11-7(13-6)12-4-1-2-9-3-5-12/h9H,1-5H2. The van der Waals surface area contributed by atoms with Gasteiger partial charge in [0.05, 0.1) is 0 Å². The van der Waals surface area contributed by atoms with E-state index in [1.54, 1.807) is 11.3 Å². The summed E-state index contributed by atoms with van der Waals surface area (Å²) in [5, 5.41) is 12.4. The van der Waals surface area contributed by atoms with Crippen LogP contribution in [0.25, 0.3) is 0 Å². The quantitative estimate of drug-likeness (QED) is 0.823. The molecule has 13 heavy (non-hydrogen) atoms. The number of halogens is 1. The van der Waals surface area contributed by atoms with Gasteiger partial charge in [0.25, 0.3) is 0 Å². The fraction of sp³-hybridized carbons (Fsp3) is 0.714. The van der Waals surface area contributed by atoms with Gasteiger partial charge in [-0.05, 0) is 28.9 Å². The summed E-state index contributed by atoms with van der Waals surface area (Å²) in [5.74, 6) is 0. The molecule has 0 atom stereocenters. The van der Waals surface area contributed by atoms with Gasteiger partial charge in [-0.2, -0.15) is 0 Å². The monoisotopic (exact) mass is 262 g/mol. The summed E-state index contributed by atoms with van der Waals surface area (Å²) in [6.45, 7) is 4.25. The zero-order chi connectivity index (χ0) is 9.10. The average Bonchev–Trinajstić information content (AvgIpc) is 2.43. The average molecular weight is 263 g/mol. The van der Waals surface area contributed by atoms with E-state index in [2.05, 4.69) is 36.3 Å². The van der Waals surface area contributed by atoms with Crippen LogP contribution in [0.15, 0.2) is 3.92 Å². The van der Waals surface area contributed by atoms with Crippen LogP contribution in [-0.2, 0) is 0 Å². The van der Waals surface area contributed by atoms with Crippen LogP contribution in [0.3, 0.4) is 0 Å². The van der Waals surface area contributed by atoms with Crippen molar-refractivity contribution in [2.45, 2.75) is 6.42 Å². The van der Waals surface area contributed by atoms with Crippen molar-refractivity contribution in [3.05, 3.63) is 3.92 Å². The highest BCUT2D eigenvalue weighted by molar-refractivity contribution is 9.11. The smallest absolute Gasteiger partial charge is 0.209 e. The van der Waals surface area contributed by atoms with E-state index in [0.717, 1.165) is 35.2 Å². The Hall–Kier alpha value is -0.200. The zero-order valence-electron chi connectivity index (χ0n) is 7.16. The van der Waals surface area contributed by atoms with Crippen LogP contribution in [0.4, 0.5) is 5.13 Å². The predicted octanol–water partition coefficient (Wildman–Crippen LogP) is 1.10. The fourth-order valence-electron chi connectivity index (χ4n) is 1.36. The van der Waals surface area contributed by atoms with Gasteiger partial charge in [0, 0.05) is 19.6 Å². The maximum Gasteiger partial charge on any atom is 0.209 e. The lowest BCUT2D eigenvalue weighted by Crippen LogP contribution is -2.27. The van der Waals surface area contributed by atoms with Crippen molar-refractivity contribution in [2.24, 2.45) is 0 Å². The third kappa shape index (κ3) is 2.38. The number of aromatic nitrogens is 2. The van der Waals surface area contributed by atoms with Crippen LogP contribution >= 0.6 is 27.3 Å². The molecule has 2 heterocycles. The molecule has 0 aliphatic carbocycles. The minimum Gasteiger partial charge on any atom is -0.345 e. The molecule has 1 fully saturated rings. The molecule has 1 aromatic rings. The molecule has 0 unspecified atom stereocenters. The zero-order valence-corrected chi connectivity index (χ0v) is 9.57. The summed E-state index contributed by atoms with van der Waals surface area (Å²) in [6, 6.07) is 0. The molecule has 1 aromatic heterocycles. The van der Waals surface area contributed by atoms with E-state index in [1.807, 2.05) is 0 Å². The summed E-state index contributed by atoms with van der Waals surface area (Å²) in [4.78, 5) is 2.28. The normalized spacial score (nSPS) is 18.7. The first-order chi connectivity index (χ1) is 6.36. The minimum absolute atomic E-state index is 0.861. The van der Waals surface area contributed by atoms with Crippen molar-refractivity contribution in [1.29, 1.82) is 0 Å². The topological polar surface area (TPSA) is 41.1 Å². The largest absolute Gasteiger partial charge is 0.345 e. The molecule has 0 radical (unpaired) electrons. The Morgan fingerprint density at radius 2 is 2.23 bits per heavy atom. The van der Waals surface area contributed by atoms with Gasteiger partial charge >= 0.3 is 0 Å². The molecular formula is C7H11BrN4S. The molecule has 0 spiro atoms. The minimum atomic E-state index is 0.861. The van der Waals surface area contributed by atoms with E-state index in [1.165, 1.54) is 6.42 Å². The van der Waals surface area contributed by atoms with Crippen molar-refractivity contribution >= 4 is 32.4 Å². The summed E-state index contributed by atoms with van der Waals surface area (Å²) >= 11 is 4.92. The molecular weight excluding hydrogens is 252 g/mol. The van der Waals surface area contributed by atoms with Gasteiger partial charge in [-0.15, -0.1) is 10.2 Å². The first-order valence-corrected chi connectivity index (χ1v) is 5.92. The first kappa shape index (κ1) is 9.36. The van der Waals surface area contributed by atoms with Gasteiger partial charge in [0.2, 0.25) is 5.13 Å². The second-order valence-corrected chi connectivity index (χ2v) is 5.16. The highest BCUT2D eigenvalue weighted by Crippen LogP contribution is 2.24. The van der Waals surface area contributed by atoms with Gasteiger partial charge in [-0.3, -0.25) is 0 Å². The van der Waals surface area contributed by atoms with E-state index in [0.29, 0.717) is 0 Å². The van der Waals surface area contributed by atoms with E-state index >= 15 is 0 Å². The number of hydrogen-bond donors (Lipinski definition) is 1. The Labute approximate surface area is 89.5 Å². The van der Waals surface area contributed by atoms with Gasteiger partial charge in [-0.1, -0.05) is 11.3 Å². The number of rotatable bonds is 1.